The van der Waals surface area contributed by atoms with Crippen LogP contribution in [0.4, 0.5) is 0 Å². The van der Waals surface area contributed by atoms with E-state index in [0.717, 1.165) is 0 Å². The van der Waals surface area contributed by atoms with E-state index in [2.05, 4.69) is 10.1 Å². The largest absolute Gasteiger partial charge is 0.467 e. The molecule has 0 fully saturated rings. The molecule has 0 aliphatic carbocycles. The predicted molar refractivity (Wildman–Crippen MR) is 94.4 cm³/mol. The summed E-state index contributed by atoms with van der Waals surface area (Å²) >= 11 is 0. The van der Waals surface area contributed by atoms with E-state index in [4.69, 9.17) is 14.3 Å². The van der Waals surface area contributed by atoms with Gasteiger partial charge in [-0.2, -0.15) is 5.26 Å². The first-order chi connectivity index (χ1) is 12.3. The summed E-state index contributed by atoms with van der Waals surface area (Å²) in [6.07, 6.45) is 0.226. The number of nitriles is 1. The molecule has 0 aliphatic rings. The van der Waals surface area contributed by atoms with E-state index in [1.807, 2.05) is 6.07 Å². The number of nitrogens with one attached hydrogen (secondary N) is 1. The standard InChI is InChI=1S/C17H23N2O6P/c1-12(10-18)9-15(17(21)23-2)19-16(20)14-7-5-13(6-8-14)11-26(22,24-3)25-4/h5-8,12,15H,9,11H2,1-4H3,(H,19,20)/t12-,15-/m1/s1. The maximum absolute atomic E-state index is 12.3. The maximum atomic E-state index is 12.3. The molecule has 0 aromatic heterocycles. The first-order valence-electron chi connectivity index (χ1n) is 7.86. The summed E-state index contributed by atoms with van der Waals surface area (Å²) in [7, 11) is 0.640. The van der Waals surface area contributed by atoms with Gasteiger partial charge in [-0.1, -0.05) is 12.1 Å². The van der Waals surface area contributed by atoms with Gasteiger partial charge in [-0.3, -0.25) is 9.36 Å². The molecule has 8 nitrogen and oxygen atoms in total. The van der Waals surface area contributed by atoms with Crippen molar-refractivity contribution in [2.45, 2.75) is 25.5 Å². The number of carbonyl (C=O) groups is 2. The summed E-state index contributed by atoms with van der Waals surface area (Å²) in [5.41, 5.74) is 0.994. The molecule has 1 aromatic rings. The summed E-state index contributed by atoms with van der Waals surface area (Å²) in [5, 5.41) is 11.5. The maximum Gasteiger partial charge on any atom is 0.334 e. The van der Waals surface area contributed by atoms with Gasteiger partial charge in [0.05, 0.1) is 19.3 Å². The fourth-order valence-electron chi connectivity index (χ4n) is 2.19. The highest BCUT2D eigenvalue weighted by molar-refractivity contribution is 7.52. The van der Waals surface area contributed by atoms with Gasteiger partial charge in [0, 0.05) is 25.7 Å². The minimum Gasteiger partial charge on any atom is -0.467 e. The lowest BCUT2D eigenvalue weighted by atomic mass is 10.0. The second-order valence-electron chi connectivity index (χ2n) is 5.65. The van der Waals surface area contributed by atoms with Gasteiger partial charge in [0.2, 0.25) is 0 Å². The Bertz CT molecular complexity index is 705. The SMILES string of the molecule is COC(=O)[C@@H](C[C@@H](C)C#N)NC(=O)c1ccc(CP(=O)(OC)OC)cc1. The molecular formula is C17H23N2O6P. The molecule has 1 N–H and O–H groups in total. The smallest absolute Gasteiger partial charge is 0.334 e. The third kappa shape index (κ3) is 6.26. The molecule has 0 bridgehead atoms. The molecule has 2 atom stereocenters. The number of hydrogen-bond donors (Lipinski definition) is 1. The number of methoxy groups -OCH3 is 1. The van der Waals surface area contributed by atoms with Crippen molar-refractivity contribution < 1.29 is 27.9 Å². The molecule has 0 unspecified atom stereocenters. The van der Waals surface area contributed by atoms with Crippen LogP contribution in [-0.4, -0.2) is 39.2 Å². The van der Waals surface area contributed by atoms with Crippen molar-refractivity contribution in [1.29, 1.82) is 5.26 Å². The minimum absolute atomic E-state index is 0.0758. The van der Waals surface area contributed by atoms with Crippen LogP contribution in [-0.2, 0) is 29.3 Å². The number of benzene rings is 1. The molecule has 0 radical (unpaired) electrons. The molecule has 142 valence electrons. The van der Waals surface area contributed by atoms with Crippen LogP contribution in [0.2, 0.25) is 0 Å². The minimum atomic E-state index is -3.19. The first kappa shape index (κ1) is 21.8. The van der Waals surface area contributed by atoms with Gasteiger partial charge in [0.1, 0.15) is 6.04 Å². The lowest BCUT2D eigenvalue weighted by Gasteiger charge is -2.17. The van der Waals surface area contributed by atoms with E-state index in [1.54, 1.807) is 31.2 Å². The van der Waals surface area contributed by atoms with Crippen LogP contribution in [0.1, 0.15) is 29.3 Å². The van der Waals surface area contributed by atoms with Crippen molar-refractivity contribution >= 4 is 19.5 Å². The van der Waals surface area contributed by atoms with Crippen LogP contribution in [0.3, 0.4) is 0 Å². The second-order valence-corrected chi connectivity index (χ2v) is 7.91. The highest BCUT2D eigenvalue weighted by Gasteiger charge is 2.25. The molecule has 1 rings (SSSR count). The Labute approximate surface area is 153 Å². The molecule has 1 aromatic carbocycles. The van der Waals surface area contributed by atoms with Gasteiger partial charge < -0.3 is 19.1 Å². The monoisotopic (exact) mass is 382 g/mol. The van der Waals surface area contributed by atoms with Gasteiger partial charge in [-0.05, 0) is 31.0 Å². The molecule has 26 heavy (non-hydrogen) atoms. The Morgan fingerprint density at radius 1 is 1.19 bits per heavy atom. The van der Waals surface area contributed by atoms with Crippen LogP contribution >= 0.6 is 7.60 Å². The highest BCUT2D eigenvalue weighted by atomic mass is 31.2. The summed E-state index contributed by atoms with van der Waals surface area (Å²) in [5.74, 6) is -1.50. The van der Waals surface area contributed by atoms with E-state index in [-0.39, 0.29) is 12.6 Å². The van der Waals surface area contributed by atoms with Gasteiger partial charge in [-0.15, -0.1) is 0 Å². The van der Waals surface area contributed by atoms with Gasteiger partial charge >= 0.3 is 13.6 Å². The van der Waals surface area contributed by atoms with Crippen molar-refractivity contribution in [3.05, 3.63) is 35.4 Å². The Morgan fingerprint density at radius 3 is 2.23 bits per heavy atom. The van der Waals surface area contributed by atoms with Crippen molar-refractivity contribution in [3.8, 4) is 6.07 Å². The number of nitrogens with zero attached hydrogens (tertiary/aromatic N) is 1. The average molecular weight is 382 g/mol. The van der Waals surface area contributed by atoms with Crippen LogP contribution in [0, 0.1) is 17.2 Å². The average Bonchev–Trinajstić information content (AvgIpc) is 2.66. The molecule has 0 saturated heterocycles. The first-order valence-corrected chi connectivity index (χ1v) is 9.59. The zero-order valence-electron chi connectivity index (χ0n) is 15.2. The Morgan fingerprint density at radius 2 is 1.77 bits per heavy atom. The van der Waals surface area contributed by atoms with Crippen LogP contribution in [0.15, 0.2) is 24.3 Å². The summed E-state index contributed by atoms with van der Waals surface area (Å²) in [6, 6.07) is 7.45. The van der Waals surface area contributed by atoms with E-state index in [9.17, 15) is 14.2 Å². The fourth-order valence-corrected chi connectivity index (χ4v) is 3.26. The zero-order valence-corrected chi connectivity index (χ0v) is 16.1. The third-order valence-electron chi connectivity index (χ3n) is 3.75. The van der Waals surface area contributed by atoms with Crippen molar-refractivity contribution in [1.82, 2.24) is 5.32 Å². The molecule has 0 aliphatic heterocycles. The normalized spacial score (nSPS) is 13.3. The topological polar surface area (TPSA) is 115 Å². The Hall–Kier alpha value is -2.20. The van der Waals surface area contributed by atoms with Gasteiger partial charge in [0.15, 0.2) is 0 Å². The Balaban J connectivity index is 2.84. The second kappa shape index (κ2) is 10.1. The van der Waals surface area contributed by atoms with Crippen LogP contribution in [0.25, 0.3) is 0 Å². The molecule has 9 heteroatoms. The zero-order chi connectivity index (χ0) is 19.7. The van der Waals surface area contributed by atoms with E-state index >= 15 is 0 Å². The number of esters is 1. The number of carbonyl (C=O) groups excluding carboxylic acids is 2. The van der Waals surface area contributed by atoms with Crippen molar-refractivity contribution in [3.63, 3.8) is 0 Å². The van der Waals surface area contributed by atoms with Gasteiger partial charge in [-0.25, -0.2) is 4.79 Å². The third-order valence-corrected chi connectivity index (χ3v) is 5.61. The van der Waals surface area contributed by atoms with E-state index < -0.39 is 31.4 Å². The van der Waals surface area contributed by atoms with E-state index in [0.29, 0.717) is 11.1 Å². The predicted octanol–water partition coefficient (Wildman–Crippen LogP) is 2.49. The van der Waals surface area contributed by atoms with Crippen molar-refractivity contribution in [2.24, 2.45) is 5.92 Å². The van der Waals surface area contributed by atoms with E-state index in [1.165, 1.54) is 21.3 Å². The molecule has 0 spiro atoms. The molecule has 0 saturated carbocycles. The van der Waals surface area contributed by atoms with Crippen LogP contribution in [0.5, 0.6) is 0 Å². The molecular weight excluding hydrogens is 359 g/mol. The quantitative estimate of drug-likeness (QED) is 0.515. The fraction of sp³-hybridized carbons (Fsp3) is 0.471. The number of rotatable bonds is 9. The van der Waals surface area contributed by atoms with Crippen LogP contribution < -0.4 is 5.32 Å². The highest BCUT2D eigenvalue weighted by Crippen LogP contribution is 2.49. The summed E-state index contributed by atoms with van der Waals surface area (Å²) < 4.78 is 26.6. The van der Waals surface area contributed by atoms with Gasteiger partial charge in [0.25, 0.3) is 5.91 Å². The lowest BCUT2D eigenvalue weighted by molar-refractivity contribution is -0.143. The summed E-state index contributed by atoms with van der Waals surface area (Å²) in [6.45, 7) is 1.65. The number of ether oxygens (including phenoxy) is 1. The number of amides is 1. The molecule has 1 amide bonds. The number of hydrogen-bond acceptors (Lipinski definition) is 7. The summed E-state index contributed by atoms with van der Waals surface area (Å²) in [4.78, 5) is 24.2. The molecule has 0 heterocycles. The van der Waals surface area contributed by atoms with Crippen molar-refractivity contribution in [2.75, 3.05) is 21.3 Å². The lowest BCUT2D eigenvalue weighted by Crippen LogP contribution is -2.42. The Kier molecular flexibility index (Phi) is 8.46.